The molecule has 2 unspecified atom stereocenters. The Morgan fingerprint density at radius 2 is 2.13 bits per heavy atom. The van der Waals surface area contributed by atoms with Crippen LogP contribution in [0.1, 0.15) is 42.9 Å². The Kier molecular flexibility index (Phi) is 4.96. The number of H-pyrrole nitrogens is 1. The van der Waals surface area contributed by atoms with E-state index in [-0.39, 0.29) is 25.1 Å². The number of piperidine rings is 1. The van der Waals surface area contributed by atoms with Crippen molar-refractivity contribution in [1.29, 1.82) is 0 Å². The maximum absolute atomic E-state index is 13.0. The second-order valence-corrected chi connectivity index (χ2v) is 5.61. The number of hydrogen-bond acceptors (Lipinski definition) is 3. The van der Waals surface area contributed by atoms with E-state index < -0.39 is 30.1 Å². The molecule has 2 amide bonds. The maximum Gasteiger partial charge on any atom is 0.408 e. The lowest BCUT2D eigenvalue weighted by Gasteiger charge is -2.40. The van der Waals surface area contributed by atoms with E-state index in [4.69, 9.17) is 0 Å². The molecule has 0 aliphatic carbocycles. The number of rotatable bonds is 3. The molecule has 1 fully saturated rings. The number of alkyl halides is 3. The van der Waals surface area contributed by atoms with Gasteiger partial charge in [0.1, 0.15) is 11.7 Å². The summed E-state index contributed by atoms with van der Waals surface area (Å²) in [5, 5.41) is 9.21. The number of amides is 2. The van der Waals surface area contributed by atoms with E-state index in [1.54, 1.807) is 6.07 Å². The van der Waals surface area contributed by atoms with Gasteiger partial charge in [0.05, 0.1) is 0 Å². The van der Waals surface area contributed by atoms with Crippen LogP contribution >= 0.6 is 0 Å². The number of aromatic amines is 1. The first-order chi connectivity index (χ1) is 10.7. The molecule has 2 rings (SSSR count). The van der Waals surface area contributed by atoms with Crippen molar-refractivity contribution in [3.8, 4) is 0 Å². The molecule has 0 saturated carbocycles. The Balaban J connectivity index is 2.02. The van der Waals surface area contributed by atoms with E-state index in [1.165, 1.54) is 0 Å². The van der Waals surface area contributed by atoms with Crippen molar-refractivity contribution in [3.63, 3.8) is 0 Å². The Hall–Kier alpha value is -2.06. The average Bonchev–Trinajstić information content (AvgIpc) is 2.95. The highest BCUT2D eigenvalue weighted by molar-refractivity contribution is 5.92. The number of likely N-dealkylation sites (tertiary alicyclic amines) is 1. The van der Waals surface area contributed by atoms with Crippen LogP contribution in [0.15, 0.2) is 6.07 Å². The number of nitrogens with one attached hydrogen (secondary N) is 2. The van der Waals surface area contributed by atoms with E-state index in [2.05, 4.69) is 15.5 Å². The molecule has 1 aliphatic heterocycles. The van der Waals surface area contributed by atoms with Gasteiger partial charge in [0.2, 0.25) is 5.91 Å². The number of hydrogen-bond donors (Lipinski definition) is 2. The summed E-state index contributed by atoms with van der Waals surface area (Å²) in [6, 6.07) is -0.712. The lowest BCUT2D eigenvalue weighted by Crippen LogP contribution is -2.57. The molecular weight excluding hydrogens is 313 g/mol. The minimum absolute atomic E-state index is 0.156. The quantitative estimate of drug-likeness (QED) is 0.883. The van der Waals surface area contributed by atoms with Gasteiger partial charge < -0.3 is 10.2 Å². The first kappa shape index (κ1) is 17.3. The monoisotopic (exact) mass is 332 g/mol. The van der Waals surface area contributed by atoms with Crippen LogP contribution in [0, 0.1) is 0 Å². The van der Waals surface area contributed by atoms with Crippen LogP contribution in [-0.4, -0.2) is 51.7 Å². The SMILES string of the molecule is CCc1cc(C(=O)NC2CCC(C(F)(F)F)N(C(C)=O)C2)n[nH]1. The summed E-state index contributed by atoms with van der Waals surface area (Å²) >= 11 is 0. The van der Waals surface area contributed by atoms with Gasteiger partial charge in [-0.2, -0.15) is 18.3 Å². The Morgan fingerprint density at radius 1 is 1.43 bits per heavy atom. The molecule has 1 aromatic rings. The zero-order valence-corrected chi connectivity index (χ0v) is 12.9. The normalized spacial score (nSPS) is 22.0. The second-order valence-electron chi connectivity index (χ2n) is 5.61. The summed E-state index contributed by atoms with van der Waals surface area (Å²) in [7, 11) is 0. The molecule has 2 atom stereocenters. The molecule has 0 bridgehead atoms. The Labute approximate surface area is 131 Å². The standard InChI is InChI=1S/C14H19F3N4O2/c1-3-9-6-11(20-19-9)13(23)18-10-4-5-12(14(15,16)17)21(7-10)8(2)22/h6,10,12H,3-5,7H2,1-2H3,(H,18,23)(H,19,20). The van der Waals surface area contributed by atoms with Gasteiger partial charge in [-0.1, -0.05) is 6.92 Å². The molecular formula is C14H19F3N4O2. The topological polar surface area (TPSA) is 78.1 Å². The molecule has 0 aromatic carbocycles. The van der Waals surface area contributed by atoms with Gasteiger partial charge in [-0.05, 0) is 25.3 Å². The summed E-state index contributed by atoms with van der Waals surface area (Å²) in [4.78, 5) is 24.3. The molecule has 9 heteroatoms. The molecule has 2 heterocycles. The number of carbonyl (C=O) groups is 2. The minimum atomic E-state index is -4.46. The summed E-state index contributed by atoms with van der Waals surface area (Å²) in [6.45, 7) is 2.85. The second kappa shape index (κ2) is 6.59. The van der Waals surface area contributed by atoms with Crippen LogP contribution < -0.4 is 5.32 Å². The molecule has 1 saturated heterocycles. The predicted octanol–water partition coefficient (Wildman–Crippen LogP) is 1.64. The van der Waals surface area contributed by atoms with Crippen LogP contribution in [0.4, 0.5) is 13.2 Å². The third-order valence-corrected chi connectivity index (χ3v) is 3.94. The minimum Gasteiger partial charge on any atom is -0.346 e. The van der Waals surface area contributed by atoms with Gasteiger partial charge in [0.15, 0.2) is 0 Å². The summed E-state index contributed by atoms with van der Waals surface area (Å²) in [6.07, 6.45) is -3.84. The van der Waals surface area contributed by atoms with Crippen LogP contribution in [0.5, 0.6) is 0 Å². The van der Waals surface area contributed by atoms with E-state index in [0.717, 1.165) is 17.5 Å². The third-order valence-electron chi connectivity index (χ3n) is 3.94. The van der Waals surface area contributed by atoms with Gasteiger partial charge in [-0.3, -0.25) is 14.7 Å². The first-order valence-corrected chi connectivity index (χ1v) is 7.41. The van der Waals surface area contributed by atoms with Crippen molar-refractivity contribution < 1.29 is 22.8 Å². The van der Waals surface area contributed by atoms with E-state index in [0.29, 0.717) is 6.42 Å². The van der Waals surface area contributed by atoms with Crippen molar-refractivity contribution in [2.24, 2.45) is 0 Å². The number of aryl methyl sites for hydroxylation is 1. The molecule has 6 nitrogen and oxygen atoms in total. The lowest BCUT2D eigenvalue weighted by atomic mass is 9.97. The van der Waals surface area contributed by atoms with Gasteiger partial charge in [-0.15, -0.1) is 0 Å². The fourth-order valence-electron chi connectivity index (χ4n) is 2.70. The van der Waals surface area contributed by atoms with Crippen LogP contribution in [0.3, 0.4) is 0 Å². The summed E-state index contributed by atoms with van der Waals surface area (Å²) < 4.78 is 38.9. The lowest BCUT2D eigenvalue weighted by molar-refractivity contribution is -0.196. The van der Waals surface area contributed by atoms with E-state index >= 15 is 0 Å². The first-order valence-electron chi connectivity index (χ1n) is 7.41. The average molecular weight is 332 g/mol. The molecule has 1 aromatic heterocycles. The maximum atomic E-state index is 13.0. The Bertz CT molecular complexity index is 585. The number of carbonyl (C=O) groups excluding carboxylic acids is 2. The van der Waals surface area contributed by atoms with Crippen molar-refractivity contribution >= 4 is 11.8 Å². The molecule has 23 heavy (non-hydrogen) atoms. The highest BCUT2D eigenvalue weighted by Gasteiger charge is 2.47. The Morgan fingerprint density at radius 3 is 2.65 bits per heavy atom. The van der Waals surface area contributed by atoms with Gasteiger partial charge in [0, 0.05) is 25.2 Å². The molecule has 0 radical (unpaired) electrons. The fraction of sp³-hybridized carbons (Fsp3) is 0.643. The van der Waals surface area contributed by atoms with E-state index in [1.807, 2.05) is 6.92 Å². The third kappa shape index (κ3) is 4.02. The van der Waals surface area contributed by atoms with Gasteiger partial charge in [-0.25, -0.2) is 0 Å². The largest absolute Gasteiger partial charge is 0.408 e. The summed E-state index contributed by atoms with van der Waals surface area (Å²) in [5.41, 5.74) is 0.982. The molecule has 0 spiro atoms. The number of nitrogens with zero attached hydrogens (tertiary/aromatic N) is 2. The zero-order valence-electron chi connectivity index (χ0n) is 12.9. The molecule has 128 valence electrons. The van der Waals surface area contributed by atoms with Crippen molar-refractivity contribution in [2.75, 3.05) is 6.54 Å². The smallest absolute Gasteiger partial charge is 0.346 e. The van der Waals surface area contributed by atoms with E-state index in [9.17, 15) is 22.8 Å². The summed E-state index contributed by atoms with van der Waals surface area (Å²) in [5.74, 6) is -1.11. The highest BCUT2D eigenvalue weighted by atomic mass is 19.4. The van der Waals surface area contributed by atoms with Crippen molar-refractivity contribution in [3.05, 3.63) is 17.5 Å². The zero-order chi connectivity index (χ0) is 17.2. The molecule has 1 aliphatic rings. The van der Waals surface area contributed by atoms with Crippen molar-refractivity contribution in [2.45, 2.75) is 51.4 Å². The number of halogens is 3. The number of aromatic nitrogens is 2. The predicted molar refractivity (Wildman–Crippen MR) is 75.7 cm³/mol. The van der Waals surface area contributed by atoms with Crippen LogP contribution in [0.2, 0.25) is 0 Å². The fourth-order valence-corrected chi connectivity index (χ4v) is 2.70. The van der Waals surface area contributed by atoms with Gasteiger partial charge >= 0.3 is 6.18 Å². The van der Waals surface area contributed by atoms with Crippen LogP contribution in [-0.2, 0) is 11.2 Å². The molecule has 2 N–H and O–H groups in total. The van der Waals surface area contributed by atoms with Gasteiger partial charge in [0.25, 0.3) is 5.91 Å². The highest BCUT2D eigenvalue weighted by Crippen LogP contribution is 2.32. The van der Waals surface area contributed by atoms with Crippen molar-refractivity contribution in [1.82, 2.24) is 20.4 Å². The van der Waals surface area contributed by atoms with Crippen LogP contribution in [0.25, 0.3) is 0 Å².